The van der Waals surface area contributed by atoms with Gasteiger partial charge in [-0.25, -0.2) is 0 Å². The lowest BCUT2D eigenvalue weighted by molar-refractivity contribution is -0.163. The van der Waals surface area contributed by atoms with Crippen LogP contribution in [0.25, 0.3) is 0 Å². The summed E-state index contributed by atoms with van der Waals surface area (Å²) in [4.78, 5) is 22.5. The van der Waals surface area contributed by atoms with Crippen LogP contribution in [0.5, 0.6) is 0 Å². The van der Waals surface area contributed by atoms with Crippen molar-refractivity contribution in [3.05, 3.63) is 0 Å². The van der Waals surface area contributed by atoms with Gasteiger partial charge in [-0.05, 0) is 19.3 Å². The largest absolute Gasteiger partial charge is 0.481 e. The second-order valence-electron chi connectivity index (χ2n) is 4.13. The molecule has 4 heteroatoms. The maximum atomic E-state index is 11.4. The highest BCUT2D eigenvalue weighted by atomic mass is 16.5. The van der Waals surface area contributed by atoms with Gasteiger partial charge in [0.2, 0.25) is 0 Å². The van der Waals surface area contributed by atoms with Gasteiger partial charge in [-0.15, -0.1) is 0 Å². The molecule has 1 atom stereocenters. The fourth-order valence-corrected chi connectivity index (χ4v) is 2.43. The second kappa shape index (κ2) is 4.75. The van der Waals surface area contributed by atoms with Crippen molar-refractivity contribution in [3.63, 3.8) is 0 Å². The van der Waals surface area contributed by atoms with Gasteiger partial charge >= 0.3 is 5.97 Å². The molecule has 0 aromatic carbocycles. The van der Waals surface area contributed by atoms with Crippen molar-refractivity contribution in [1.29, 1.82) is 0 Å². The smallest absolute Gasteiger partial charge is 0.312 e. The Morgan fingerprint density at radius 1 is 1.53 bits per heavy atom. The first-order valence-electron chi connectivity index (χ1n) is 5.34. The number of methoxy groups -OCH3 is 1. The zero-order chi connectivity index (χ0) is 11.5. The third-order valence-corrected chi connectivity index (χ3v) is 3.40. The number of hydrogen-bond donors (Lipinski definition) is 1. The van der Waals surface area contributed by atoms with E-state index in [1.54, 1.807) is 0 Å². The highest BCUT2D eigenvalue weighted by Crippen LogP contribution is 2.40. The van der Waals surface area contributed by atoms with Crippen molar-refractivity contribution in [1.82, 2.24) is 0 Å². The summed E-state index contributed by atoms with van der Waals surface area (Å²) in [6.07, 6.45) is 1.93. The third kappa shape index (κ3) is 2.20. The summed E-state index contributed by atoms with van der Waals surface area (Å²) in [5.41, 5.74) is -0.850. The third-order valence-electron chi connectivity index (χ3n) is 3.40. The topological polar surface area (TPSA) is 63.6 Å². The molecule has 1 unspecified atom stereocenters. The zero-order valence-electron chi connectivity index (χ0n) is 9.28. The predicted octanol–water partition coefficient (Wildman–Crippen LogP) is 1.63. The highest BCUT2D eigenvalue weighted by Gasteiger charge is 2.47. The zero-order valence-corrected chi connectivity index (χ0v) is 9.28. The van der Waals surface area contributed by atoms with Gasteiger partial charge in [0.05, 0.1) is 11.5 Å². The Morgan fingerprint density at radius 3 is 2.40 bits per heavy atom. The summed E-state index contributed by atoms with van der Waals surface area (Å²) in [7, 11) is 1.54. The first-order chi connectivity index (χ1) is 7.06. The average Bonchev–Trinajstić information content (AvgIpc) is 2.22. The Kier molecular flexibility index (Phi) is 3.85. The quantitative estimate of drug-likeness (QED) is 0.772. The lowest BCUT2D eigenvalue weighted by atomic mass is 9.69. The molecule has 1 N–H and O–H groups in total. The van der Waals surface area contributed by atoms with E-state index in [-0.39, 0.29) is 11.9 Å². The second-order valence-corrected chi connectivity index (χ2v) is 4.13. The van der Waals surface area contributed by atoms with Crippen LogP contribution >= 0.6 is 0 Å². The molecule has 1 fully saturated rings. The summed E-state index contributed by atoms with van der Waals surface area (Å²) in [5.74, 6) is -0.665. The molecule has 0 saturated heterocycles. The van der Waals surface area contributed by atoms with Crippen LogP contribution in [-0.4, -0.2) is 30.1 Å². The van der Waals surface area contributed by atoms with Crippen molar-refractivity contribution in [2.45, 2.75) is 45.1 Å². The summed E-state index contributed by atoms with van der Waals surface area (Å²) in [6.45, 7) is 1.91. The van der Waals surface area contributed by atoms with Crippen molar-refractivity contribution < 1.29 is 19.4 Å². The maximum Gasteiger partial charge on any atom is 0.312 e. The van der Waals surface area contributed by atoms with Crippen LogP contribution in [0.4, 0.5) is 0 Å². The molecule has 1 aliphatic carbocycles. The van der Waals surface area contributed by atoms with Gasteiger partial charge in [0.1, 0.15) is 5.78 Å². The van der Waals surface area contributed by atoms with Crippen molar-refractivity contribution >= 4 is 11.8 Å². The molecule has 0 heterocycles. The molecule has 15 heavy (non-hydrogen) atoms. The van der Waals surface area contributed by atoms with Gasteiger partial charge in [-0.1, -0.05) is 6.92 Å². The van der Waals surface area contributed by atoms with Crippen LogP contribution in [0, 0.1) is 5.41 Å². The molecule has 0 amide bonds. The Labute approximate surface area is 89.6 Å². The monoisotopic (exact) mass is 214 g/mol. The number of carboxylic acids is 1. The molecule has 4 nitrogen and oxygen atoms in total. The maximum absolute atomic E-state index is 11.4. The summed E-state index contributed by atoms with van der Waals surface area (Å²) < 4.78 is 5.25. The molecule has 0 bridgehead atoms. The summed E-state index contributed by atoms with van der Waals surface area (Å²) in [5, 5.41) is 9.32. The lowest BCUT2D eigenvalue weighted by Crippen LogP contribution is -2.46. The number of rotatable bonds is 4. The minimum absolute atomic E-state index is 0.165. The van der Waals surface area contributed by atoms with E-state index in [1.807, 2.05) is 6.92 Å². The van der Waals surface area contributed by atoms with Gasteiger partial charge < -0.3 is 9.84 Å². The molecule has 0 aliphatic heterocycles. The fraction of sp³-hybridized carbons (Fsp3) is 0.818. The highest BCUT2D eigenvalue weighted by molar-refractivity contribution is 5.84. The van der Waals surface area contributed by atoms with Crippen LogP contribution in [-0.2, 0) is 14.3 Å². The number of carbonyl (C=O) groups is 2. The van der Waals surface area contributed by atoms with E-state index < -0.39 is 11.4 Å². The predicted molar refractivity (Wildman–Crippen MR) is 54.6 cm³/mol. The molecule has 86 valence electrons. The molecule has 1 rings (SSSR count). The van der Waals surface area contributed by atoms with E-state index >= 15 is 0 Å². The summed E-state index contributed by atoms with van der Waals surface area (Å²) >= 11 is 0. The normalized spacial score (nSPS) is 22.4. The van der Waals surface area contributed by atoms with Gasteiger partial charge in [-0.3, -0.25) is 9.59 Å². The lowest BCUT2D eigenvalue weighted by Gasteiger charge is -2.38. The number of aliphatic carboxylic acids is 1. The van der Waals surface area contributed by atoms with E-state index in [2.05, 4.69) is 0 Å². The van der Waals surface area contributed by atoms with Gasteiger partial charge in [-0.2, -0.15) is 0 Å². The van der Waals surface area contributed by atoms with Crippen LogP contribution in [0.3, 0.4) is 0 Å². The number of carbonyl (C=O) groups excluding carboxylic acids is 1. The van der Waals surface area contributed by atoms with E-state index in [1.165, 1.54) is 7.11 Å². The van der Waals surface area contributed by atoms with E-state index in [0.717, 1.165) is 0 Å². The van der Waals surface area contributed by atoms with Crippen molar-refractivity contribution in [2.24, 2.45) is 5.41 Å². The molecular weight excluding hydrogens is 196 g/mol. The first-order valence-corrected chi connectivity index (χ1v) is 5.34. The molecule has 1 aliphatic rings. The van der Waals surface area contributed by atoms with E-state index in [9.17, 15) is 14.7 Å². The van der Waals surface area contributed by atoms with Crippen LogP contribution < -0.4 is 0 Å². The first kappa shape index (κ1) is 12.2. The van der Waals surface area contributed by atoms with Crippen molar-refractivity contribution in [2.75, 3.05) is 7.11 Å². The number of Topliss-reactive ketones (excluding diaryl/α,β-unsaturated/α-hetero) is 1. The number of ether oxygens (including phenoxy) is 1. The SMILES string of the molecule is CCC(OC)C1(C(=O)O)CCC(=O)CC1. The Balaban J connectivity index is 2.88. The molecule has 1 saturated carbocycles. The molecule has 0 radical (unpaired) electrons. The van der Waals surface area contributed by atoms with Crippen LogP contribution in [0.2, 0.25) is 0 Å². The standard InChI is InChI=1S/C11H18O4/c1-3-9(15-2)11(10(13)14)6-4-8(12)5-7-11/h9H,3-7H2,1-2H3,(H,13,14). The molecule has 0 aromatic heterocycles. The molecular formula is C11H18O4. The number of hydrogen-bond acceptors (Lipinski definition) is 3. The summed E-state index contributed by atoms with van der Waals surface area (Å²) in [6, 6.07) is 0. The molecule has 0 spiro atoms. The van der Waals surface area contributed by atoms with Gasteiger partial charge in [0, 0.05) is 20.0 Å². The van der Waals surface area contributed by atoms with Crippen LogP contribution in [0.15, 0.2) is 0 Å². The molecule has 0 aromatic rings. The van der Waals surface area contributed by atoms with E-state index in [4.69, 9.17) is 4.74 Å². The van der Waals surface area contributed by atoms with Crippen molar-refractivity contribution in [3.8, 4) is 0 Å². The van der Waals surface area contributed by atoms with E-state index in [0.29, 0.717) is 32.1 Å². The Bertz CT molecular complexity index is 245. The Hall–Kier alpha value is -0.900. The van der Waals surface area contributed by atoms with Gasteiger partial charge in [0.25, 0.3) is 0 Å². The van der Waals surface area contributed by atoms with Gasteiger partial charge in [0.15, 0.2) is 0 Å². The number of ketones is 1. The number of carboxylic acid groups (broad SMARTS) is 1. The Morgan fingerprint density at radius 2 is 2.07 bits per heavy atom. The minimum Gasteiger partial charge on any atom is -0.481 e. The minimum atomic E-state index is -0.850. The fourth-order valence-electron chi connectivity index (χ4n) is 2.43. The van der Waals surface area contributed by atoms with Crippen LogP contribution in [0.1, 0.15) is 39.0 Å². The average molecular weight is 214 g/mol.